The summed E-state index contributed by atoms with van der Waals surface area (Å²) in [5.74, 6) is 1.92. The van der Waals surface area contributed by atoms with Crippen molar-refractivity contribution < 1.29 is 27.1 Å². The second-order valence-corrected chi connectivity index (χ2v) is 7.96. The van der Waals surface area contributed by atoms with E-state index >= 15 is 0 Å². The predicted octanol–water partition coefficient (Wildman–Crippen LogP) is 4.41. The molecule has 3 aromatic rings. The molecule has 3 heterocycles. The van der Waals surface area contributed by atoms with Crippen LogP contribution in [0.2, 0.25) is 0 Å². The van der Waals surface area contributed by atoms with Crippen LogP contribution in [-0.4, -0.2) is 47.8 Å². The molecule has 5 rings (SSSR count). The van der Waals surface area contributed by atoms with Gasteiger partial charge in [0.05, 0.1) is 11.3 Å². The number of fused-ring (bicyclic) bond motifs is 1. The first-order chi connectivity index (χ1) is 15.4. The largest absolute Gasteiger partial charge is 0.454 e. The molecule has 0 N–H and O–H groups in total. The Bertz CT molecular complexity index is 1070. The lowest BCUT2D eigenvalue weighted by atomic mass is 10.1. The van der Waals surface area contributed by atoms with Gasteiger partial charge in [-0.15, -0.1) is 0 Å². The normalized spacial score (nSPS) is 17.1. The summed E-state index contributed by atoms with van der Waals surface area (Å²) in [7, 11) is 0. The van der Waals surface area contributed by atoms with Crippen LogP contribution in [0, 0.1) is 0 Å². The Morgan fingerprint density at radius 3 is 2.25 bits per heavy atom. The van der Waals surface area contributed by atoms with Crippen LogP contribution in [0.15, 0.2) is 53.1 Å². The van der Waals surface area contributed by atoms with E-state index < -0.39 is 11.7 Å². The Balaban J connectivity index is 1.14. The number of rotatable bonds is 5. The number of aromatic nitrogens is 1. The van der Waals surface area contributed by atoms with Crippen molar-refractivity contribution in [1.29, 1.82) is 0 Å². The van der Waals surface area contributed by atoms with Crippen LogP contribution in [0.4, 0.5) is 13.2 Å². The first-order valence-electron chi connectivity index (χ1n) is 10.4. The van der Waals surface area contributed by atoms with Gasteiger partial charge in [-0.05, 0) is 42.0 Å². The minimum atomic E-state index is -4.36. The zero-order valence-electron chi connectivity index (χ0n) is 17.3. The molecule has 0 saturated carbocycles. The molecular formula is C23H22F3N3O3. The second kappa shape index (κ2) is 8.48. The number of hydrogen-bond donors (Lipinski definition) is 0. The first-order valence-corrected chi connectivity index (χ1v) is 10.4. The van der Waals surface area contributed by atoms with Gasteiger partial charge in [0.1, 0.15) is 6.26 Å². The number of oxazole rings is 1. The highest BCUT2D eigenvalue weighted by atomic mass is 19.4. The van der Waals surface area contributed by atoms with E-state index in [2.05, 4.69) is 20.9 Å². The Hall–Kier alpha value is -3.04. The second-order valence-electron chi connectivity index (χ2n) is 7.96. The quantitative estimate of drug-likeness (QED) is 0.580. The molecule has 6 nitrogen and oxygen atoms in total. The molecule has 2 aliphatic rings. The summed E-state index contributed by atoms with van der Waals surface area (Å²) >= 11 is 0. The number of hydrogen-bond acceptors (Lipinski definition) is 6. The van der Waals surface area contributed by atoms with Gasteiger partial charge in [-0.25, -0.2) is 4.98 Å². The van der Waals surface area contributed by atoms with Crippen LogP contribution >= 0.6 is 0 Å². The van der Waals surface area contributed by atoms with Gasteiger partial charge in [-0.2, -0.15) is 13.2 Å². The van der Waals surface area contributed by atoms with E-state index in [0.29, 0.717) is 18.0 Å². The lowest BCUT2D eigenvalue weighted by Gasteiger charge is -2.34. The van der Waals surface area contributed by atoms with E-state index in [-0.39, 0.29) is 6.79 Å². The summed E-state index contributed by atoms with van der Waals surface area (Å²) in [5.41, 5.74) is 1.80. The van der Waals surface area contributed by atoms with Gasteiger partial charge in [0.2, 0.25) is 12.7 Å². The molecular weight excluding hydrogens is 423 g/mol. The highest BCUT2D eigenvalue weighted by Crippen LogP contribution is 2.33. The number of piperazine rings is 1. The molecule has 0 spiro atoms. The molecule has 0 radical (unpaired) electrons. The number of benzene rings is 2. The van der Waals surface area contributed by atoms with E-state index in [0.717, 1.165) is 62.0 Å². The van der Waals surface area contributed by atoms with Gasteiger partial charge < -0.3 is 13.9 Å². The molecule has 0 amide bonds. The standard InChI is InChI=1S/C23H22F3N3O3/c24-23(25,26)18-4-2-17(3-5-18)22-27-19(14-30-22)13-29-9-7-28(8-10-29)12-16-1-6-20-21(11-16)32-15-31-20/h1-6,11,14H,7-10,12-13,15H2. The highest BCUT2D eigenvalue weighted by Gasteiger charge is 2.30. The topological polar surface area (TPSA) is 51.0 Å². The number of halogens is 3. The minimum absolute atomic E-state index is 0.278. The summed E-state index contributed by atoms with van der Waals surface area (Å²) in [6.45, 7) is 5.42. The molecule has 1 fully saturated rings. The highest BCUT2D eigenvalue weighted by molar-refractivity contribution is 5.54. The molecule has 1 aromatic heterocycles. The fourth-order valence-corrected chi connectivity index (χ4v) is 3.95. The summed E-state index contributed by atoms with van der Waals surface area (Å²) in [6, 6.07) is 10.9. The maximum Gasteiger partial charge on any atom is 0.416 e. The van der Waals surface area contributed by atoms with E-state index in [1.54, 1.807) is 6.26 Å². The Morgan fingerprint density at radius 2 is 1.53 bits per heavy atom. The van der Waals surface area contributed by atoms with Crippen LogP contribution in [0.25, 0.3) is 11.5 Å². The zero-order chi connectivity index (χ0) is 22.1. The van der Waals surface area contributed by atoms with E-state index in [9.17, 15) is 13.2 Å². The van der Waals surface area contributed by atoms with E-state index in [1.165, 1.54) is 17.7 Å². The molecule has 9 heteroatoms. The smallest absolute Gasteiger partial charge is 0.416 e. The van der Waals surface area contributed by atoms with Crippen molar-refractivity contribution in [1.82, 2.24) is 14.8 Å². The minimum Gasteiger partial charge on any atom is -0.454 e. The van der Waals surface area contributed by atoms with Crippen LogP contribution in [0.5, 0.6) is 11.5 Å². The SMILES string of the molecule is FC(F)(F)c1ccc(-c2nc(CN3CCN(Cc4ccc5c(c4)OCO5)CC3)co2)cc1. The maximum atomic E-state index is 12.7. The van der Waals surface area contributed by atoms with Gasteiger partial charge in [-0.3, -0.25) is 9.80 Å². The molecule has 0 atom stereocenters. The van der Waals surface area contributed by atoms with Crippen molar-refractivity contribution in [2.75, 3.05) is 33.0 Å². The summed E-state index contributed by atoms with van der Waals surface area (Å²) in [4.78, 5) is 9.15. The molecule has 168 valence electrons. The van der Waals surface area contributed by atoms with Gasteiger partial charge in [0, 0.05) is 44.8 Å². The molecule has 1 saturated heterocycles. The third-order valence-corrected chi connectivity index (χ3v) is 5.70. The summed E-state index contributed by atoms with van der Waals surface area (Å²) in [5, 5.41) is 0. The third kappa shape index (κ3) is 4.58. The van der Waals surface area contributed by atoms with E-state index in [1.807, 2.05) is 12.1 Å². The molecule has 0 bridgehead atoms. The van der Waals surface area contributed by atoms with Crippen molar-refractivity contribution in [2.24, 2.45) is 0 Å². The Morgan fingerprint density at radius 1 is 0.844 bits per heavy atom. The number of alkyl halides is 3. The zero-order valence-corrected chi connectivity index (χ0v) is 17.3. The van der Waals surface area contributed by atoms with E-state index in [4.69, 9.17) is 13.9 Å². The Labute approximate surface area is 183 Å². The fraction of sp³-hybridized carbons (Fsp3) is 0.348. The number of ether oxygens (including phenoxy) is 2. The fourth-order valence-electron chi connectivity index (χ4n) is 3.95. The third-order valence-electron chi connectivity index (χ3n) is 5.70. The average Bonchev–Trinajstić information content (AvgIpc) is 3.44. The average molecular weight is 445 g/mol. The monoisotopic (exact) mass is 445 g/mol. The van der Waals surface area contributed by atoms with Crippen LogP contribution in [0.3, 0.4) is 0 Å². The predicted molar refractivity (Wildman–Crippen MR) is 110 cm³/mol. The summed E-state index contributed by atoms with van der Waals surface area (Å²) < 4.78 is 54.5. The van der Waals surface area contributed by atoms with Crippen molar-refractivity contribution in [2.45, 2.75) is 19.3 Å². The van der Waals surface area contributed by atoms with Crippen LogP contribution in [0.1, 0.15) is 16.8 Å². The number of nitrogens with zero attached hydrogens (tertiary/aromatic N) is 3. The van der Waals surface area contributed by atoms with Gasteiger partial charge in [0.15, 0.2) is 11.5 Å². The van der Waals surface area contributed by atoms with Crippen molar-refractivity contribution in [3.8, 4) is 23.0 Å². The molecule has 2 aliphatic heterocycles. The first kappa shape index (κ1) is 20.8. The molecule has 0 aliphatic carbocycles. The lowest BCUT2D eigenvalue weighted by Crippen LogP contribution is -2.45. The van der Waals surface area contributed by atoms with Gasteiger partial charge >= 0.3 is 6.18 Å². The molecule has 32 heavy (non-hydrogen) atoms. The Kier molecular flexibility index (Phi) is 5.52. The van der Waals surface area contributed by atoms with Gasteiger partial charge in [-0.1, -0.05) is 6.07 Å². The maximum absolute atomic E-state index is 12.7. The van der Waals surface area contributed by atoms with Gasteiger partial charge in [0.25, 0.3) is 0 Å². The van der Waals surface area contributed by atoms with Crippen molar-refractivity contribution >= 4 is 0 Å². The molecule has 0 unspecified atom stereocenters. The molecule has 2 aromatic carbocycles. The van der Waals surface area contributed by atoms with Crippen molar-refractivity contribution in [3.63, 3.8) is 0 Å². The van der Waals surface area contributed by atoms with Crippen LogP contribution < -0.4 is 9.47 Å². The van der Waals surface area contributed by atoms with Crippen LogP contribution in [-0.2, 0) is 19.3 Å². The lowest BCUT2D eigenvalue weighted by molar-refractivity contribution is -0.137. The summed E-state index contributed by atoms with van der Waals surface area (Å²) in [6.07, 6.45) is -2.78. The van der Waals surface area contributed by atoms with Crippen molar-refractivity contribution in [3.05, 3.63) is 65.5 Å².